The van der Waals surface area contributed by atoms with Crippen molar-refractivity contribution in [3.8, 4) is 11.5 Å². The van der Waals surface area contributed by atoms with Gasteiger partial charge in [-0.1, -0.05) is 12.1 Å². The Bertz CT molecular complexity index is 1320. The van der Waals surface area contributed by atoms with Gasteiger partial charge in [-0.05, 0) is 65.0 Å². The quantitative estimate of drug-likeness (QED) is 0.108. The Kier molecular flexibility index (Phi) is 13.1. The Balaban J connectivity index is 2.13. The third kappa shape index (κ3) is 11.5. The van der Waals surface area contributed by atoms with E-state index >= 15 is 0 Å². The molecule has 0 aromatic heterocycles. The van der Waals surface area contributed by atoms with E-state index in [0.29, 0.717) is 5.56 Å². The molecule has 0 radical (unpaired) electrons. The van der Waals surface area contributed by atoms with Gasteiger partial charge in [0.25, 0.3) is 5.91 Å². The van der Waals surface area contributed by atoms with E-state index in [2.05, 4.69) is 5.32 Å². The molecule has 13 nitrogen and oxygen atoms in total. The monoisotopic (exact) mass is 599 g/mol. The molecular weight excluding hydrogens is 562 g/mol. The van der Waals surface area contributed by atoms with Gasteiger partial charge in [0.1, 0.15) is 5.84 Å². The number of hydrogen-bond acceptors (Lipinski definition) is 11. The van der Waals surface area contributed by atoms with Gasteiger partial charge in [-0.2, -0.15) is 0 Å². The maximum Gasteiger partial charge on any atom is 0.412 e. The molecule has 2 rings (SSSR count). The van der Waals surface area contributed by atoms with Crippen LogP contribution in [0.2, 0.25) is 0 Å². The molecule has 0 unspecified atom stereocenters. The lowest BCUT2D eigenvalue weighted by Gasteiger charge is -2.18. The minimum atomic E-state index is -0.761. The average molecular weight is 600 g/mol. The van der Waals surface area contributed by atoms with Crippen LogP contribution in [0, 0.1) is 5.41 Å². The van der Waals surface area contributed by atoms with Crippen molar-refractivity contribution < 1.29 is 47.7 Å². The maximum absolute atomic E-state index is 13.1. The predicted molar refractivity (Wildman–Crippen MR) is 155 cm³/mol. The van der Waals surface area contributed by atoms with Gasteiger partial charge in [-0.25, -0.2) is 14.4 Å². The van der Waals surface area contributed by atoms with Crippen LogP contribution in [0.15, 0.2) is 42.5 Å². The second-order valence-electron chi connectivity index (χ2n) is 9.70. The van der Waals surface area contributed by atoms with E-state index in [1.54, 1.807) is 34.6 Å². The van der Waals surface area contributed by atoms with Gasteiger partial charge in [0.05, 0.1) is 25.4 Å². The summed E-state index contributed by atoms with van der Waals surface area (Å²) in [4.78, 5) is 62.7. The standard InChI is InChI=1S/C30H37N3O10/c1-7-39-30(38)32-28(31)20-8-10-21(11-9-20)29(37)33(6)15-23(34)22-12-13-24(40-16-26(35)42-18(2)3)25(14-22)41-17-27(36)43-19(4)5/h8-14,18-19H,7,15-17H2,1-6H3,(H2,31,32,38). The number of ether oxygens (including phenoxy) is 5. The summed E-state index contributed by atoms with van der Waals surface area (Å²) in [5, 5.41) is 10.2. The second-order valence-corrected chi connectivity index (χ2v) is 9.70. The topological polar surface area (TPSA) is 171 Å². The lowest BCUT2D eigenvalue weighted by atomic mass is 10.1. The Labute approximate surface area is 249 Å². The number of rotatable bonds is 14. The number of alkyl carbamates (subject to hydrolysis) is 1. The maximum atomic E-state index is 13.1. The molecular formula is C30H37N3O10. The Morgan fingerprint density at radius 3 is 1.84 bits per heavy atom. The first-order valence-corrected chi connectivity index (χ1v) is 13.5. The van der Waals surface area contributed by atoms with E-state index in [0.717, 1.165) is 0 Å². The van der Waals surface area contributed by atoms with Crippen LogP contribution < -0.4 is 14.8 Å². The molecule has 43 heavy (non-hydrogen) atoms. The number of carbonyl (C=O) groups is 5. The zero-order chi connectivity index (χ0) is 32.1. The fourth-order valence-corrected chi connectivity index (χ4v) is 3.50. The van der Waals surface area contributed by atoms with Crippen LogP contribution in [-0.2, 0) is 23.8 Å². The molecule has 2 amide bonds. The van der Waals surface area contributed by atoms with E-state index in [-0.39, 0.29) is 53.8 Å². The summed E-state index contributed by atoms with van der Waals surface area (Å²) < 4.78 is 26.0. The Morgan fingerprint density at radius 2 is 1.30 bits per heavy atom. The molecule has 13 heteroatoms. The van der Waals surface area contributed by atoms with E-state index in [1.165, 1.54) is 54.4 Å². The Hall–Kier alpha value is -4.94. The van der Waals surface area contributed by atoms with Crippen LogP contribution in [0.5, 0.6) is 11.5 Å². The fraction of sp³-hybridized carbons (Fsp3) is 0.400. The van der Waals surface area contributed by atoms with Gasteiger partial charge in [0, 0.05) is 23.7 Å². The van der Waals surface area contributed by atoms with Gasteiger partial charge in [-0.15, -0.1) is 0 Å². The lowest BCUT2D eigenvalue weighted by Crippen LogP contribution is -2.32. The van der Waals surface area contributed by atoms with Crippen molar-refractivity contribution in [2.75, 3.05) is 33.4 Å². The van der Waals surface area contributed by atoms with Gasteiger partial charge in [0.15, 0.2) is 30.5 Å². The molecule has 0 saturated heterocycles. The first kappa shape index (κ1) is 34.3. The van der Waals surface area contributed by atoms with E-state index < -0.39 is 42.9 Å². The van der Waals surface area contributed by atoms with Crippen LogP contribution in [0.3, 0.4) is 0 Å². The van der Waals surface area contributed by atoms with E-state index in [1.807, 2.05) is 0 Å². The molecule has 2 aromatic rings. The van der Waals surface area contributed by atoms with Crippen LogP contribution in [-0.4, -0.2) is 86.1 Å². The first-order valence-electron chi connectivity index (χ1n) is 13.5. The minimum absolute atomic E-state index is 0.0207. The molecule has 0 aliphatic heterocycles. The molecule has 0 heterocycles. The number of amidine groups is 1. The first-order chi connectivity index (χ1) is 20.3. The van der Waals surface area contributed by atoms with Gasteiger partial charge < -0.3 is 28.6 Å². The molecule has 2 aromatic carbocycles. The zero-order valence-corrected chi connectivity index (χ0v) is 25.1. The minimum Gasteiger partial charge on any atom is -0.478 e. The third-order valence-electron chi connectivity index (χ3n) is 5.34. The number of ketones is 1. The molecule has 0 aliphatic carbocycles. The van der Waals surface area contributed by atoms with Crippen molar-refractivity contribution in [2.24, 2.45) is 0 Å². The average Bonchev–Trinajstić information content (AvgIpc) is 2.94. The van der Waals surface area contributed by atoms with Crippen LogP contribution in [0.4, 0.5) is 4.79 Å². The summed E-state index contributed by atoms with van der Waals surface area (Å²) in [5.74, 6) is -2.22. The van der Waals surface area contributed by atoms with Crippen LogP contribution in [0.25, 0.3) is 0 Å². The molecule has 2 N–H and O–H groups in total. The predicted octanol–water partition coefficient (Wildman–Crippen LogP) is 3.37. The molecule has 0 atom stereocenters. The van der Waals surface area contributed by atoms with E-state index in [9.17, 15) is 24.0 Å². The number of hydrogen-bond donors (Lipinski definition) is 2. The van der Waals surface area contributed by atoms with Crippen molar-refractivity contribution in [1.82, 2.24) is 10.2 Å². The number of likely N-dealkylation sites (N-methyl/N-ethyl adjacent to an activating group) is 1. The van der Waals surface area contributed by atoms with Crippen molar-refractivity contribution >= 4 is 35.6 Å². The summed E-state index contributed by atoms with van der Waals surface area (Å²) in [6, 6.07) is 10.1. The molecule has 0 fully saturated rings. The molecule has 0 spiro atoms. The number of Topliss-reactive ketones (excluding diaryl/α,β-unsaturated/α-hetero) is 1. The van der Waals surface area contributed by atoms with Crippen molar-refractivity contribution in [3.05, 3.63) is 59.2 Å². The number of nitrogens with one attached hydrogen (secondary N) is 2. The van der Waals surface area contributed by atoms with Crippen LogP contribution in [0.1, 0.15) is 60.9 Å². The highest BCUT2D eigenvalue weighted by atomic mass is 16.6. The van der Waals surface area contributed by atoms with Gasteiger partial charge >= 0.3 is 18.0 Å². The number of carbonyl (C=O) groups excluding carboxylic acids is 5. The third-order valence-corrected chi connectivity index (χ3v) is 5.34. The highest BCUT2D eigenvalue weighted by molar-refractivity contribution is 6.06. The van der Waals surface area contributed by atoms with E-state index in [4.69, 9.17) is 29.1 Å². The number of esters is 2. The molecule has 0 bridgehead atoms. The zero-order valence-electron chi connectivity index (χ0n) is 25.1. The summed E-state index contributed by atoms with van der Waals surface area (Å²) in [5.41, 5.74) is 0.776. The smallest absolute Gasteiger partial charge is 0.412 e. The van der Waals surface area contributed by atoms with Gasteiger partial charge in [0.2, 0.25) is 0 Å². The normalized spacial score (nSPS) is 10.5. The van der Waals surface area contributed by atoms with Crippen molar-refractivity contribution in [2.45, 2.75) is 46.8 Å². The van der Waals surface area contributed by atoms with Gasteiger partial charge in [-0.3, -0.25) is 20.3 Å². The number of benzene rings is 2. The highest BCUT2D eigenvalue weighted by Crippen LogP contribution is 2.29. The molecule has 0 saturated carbocycles. The summed E-state index contributed by atoms with van der Waals surface area (Å²) in [6.07, 6.45) is -1.46. The van der Waals surface area contributed by atoms with Crippen molar-refractivity contribution in [3.63, 3.8) is 0 Å². The highest BCUT2D eigenvalue weighted by Gasteiger charge is 2.20. The molecule has 232 valence electrons. The van der Waals surface area contributed by atoms with Crippen molar-refractivity contribution in [1.29, 1.82) is 5.41 Å². The summed E-state index contributed by atoms with van der Waals surface area (Å²) in [7, 11) is 1.45. The fourth-order valence-electron chi connectivity index (χ4n) is 3.50. The second kappa shape index (κ2) is 16.5. The largest absolute Gasteiger partial charge is 0.478 e. The molecule has 0 aliphatic rings. The number of amides is 2. The number of nitrogens with zero attached hydrogens (tertiary/aromatic N) is 1. The van der Waals surface area contributed by atoms with Crippen LogP contribution >= 0.6 is 0 Å². The summed E-state index contributed by atoms with van der Waals surface area (Å²) in [6.45, 7) is 7.38. The SMILES string of the molecule is CCOC(=O)NC(=N)c1ccc(C(=O)N(C)CC(=O)c2ccc(OCC(=O)OC(C)C)c(OCC(=O)OC(C)C)c2)cc1. The Morgan fingerprint density at radius 1 is 0.791 bits per heavy atom. The summed E-state index contributed by atoms with van der Waals surface area (Å²) >= 11 is 0. The lowest BCUT2D eigenvalue weighted by molar-refractivity contribution is -0.151.